The molecule has 0 saturated heterocycles. The molecule has 5 rings (SSSR count). The third kappa shape index (κ3) is 2.74. The highest BCUT2D eigenvalue weighted by Crippen LogP contribution is 2.48. The topological polar surface area (TPSA) is 30.2 Å². The van der Waals surface area contributed by atoms with Crippen molar-refractivity contribution in [2.45, 2.75) is 18.3 Å². The molecule has 0 aliphatic heterocycles. The largest absolute Gasteiger partial charge is 0.422 e. The van der Waals surface area contributed by atoms with Crippen LogP contribution in [0.5, 0.6) is 0 Å². The van der Waals surface area contributed by atoms with E-state index in [4.69, 9.17) is 4.42 Å². The summed E-state index contributed by atoms with van der Waals surface area (Å²) >= 11 is 3.56. The van der Waals surface area contributed by atoms with Crippen molar-refractivity contribution in [2.75, 3.05) is 0 Å². The van der Waals surface area contributed by atoms with Crippen molar-refractivity contribution < 1.29 is 4.42 Å². The molecule has 0 fully saturated rings. The average molecular weight is 417 g/mol. The van der Waals surface area contributed by atoms with Crippen molar-refractivity contribution >= 4 is 26.9 Å². The lowest BCUT2D eigenvalue weighted by Gasteiger charge is -2.20. The smallest absolute Gasteiger partial charge is 0.340 e. The van der Waals surface area contributed by atoms with E-state index in [1.165, 1.54) is 5.56 Å². The van der Waals surface area contributed by atoms with Gasteiger partial charge in [0, 0.05) is 21.3 Å². The summed E-state index contributed by atoms with van der Waals surface area (Å²) in [4.78, 5) is 13.0. The second-order valence-corrected chi connectivity index (χ2v) is 7.95. The van der Waals surface area contributed by atoms with Crippen molar-refractivity contribution in [1.82, 2.24) is 0 Å². The molecule has 1 heterocycles. The fraction of sp³-hybridized carbons (Fsp3) is 0.125. The van der Waals surface area contributed by atoms with Gasteiger partial charge in [-0.3, -0.25) is 0 Å². The Balaban J connectivity index is 1.80. The second kappa shape index (κ2) is 6.50. The molecule has 1 aromatic heterocycles. The highest BCUT2D eigenvalue weighted by Gasteiger charge is 2.38. The zero-order chi connectivity index (χ0) is 18.4. The van der Waals surface area contributed by atoms with Gasteiger partial charge < -0.3 is 4.42 Å². The summed E-state index contributed by atoms with van der Waals surface area (Å²) in [5, 5.41) is 1.03. The first-order valence-electron chi connectivity index (χ1n) is 9.07. The maximum Gasteiger partial charge on any atom is 0.340 e. The molecule has 132 valence electrons. The Morgan fingerprint density at radius 2 is 1.52 bits per heavy atom. The molecule has 2 nitrogen and oxygen atoms in total. The lowest BCUT2D eigenvalue weighted by atomic mass is 9.82. The lowest BCUT2D eigenvalue weighted by molar-refractivity contribution is 0.542. The van der Waals surface area contributed by atoms with Crippen molar-refractivity contribution in [3.05, 3.63) is 116 Å². The summed E-state index contributed by atoms with van der Waals surface area (Å²) in [7, 11) is 0. The van der Waals surface area contributed by atoms with Gasteiger partial charge in [-0.2, -0.15) is 0 Å². The van der Waals surface area contributed by atoms with Gasteiger partial charge in [0.15, 0.2) is 0 Å². The summed E-state index contributed by atoms with van der Waals surface area (Å²) in [6, 6.07) is 26.6. The highest BCUT2D eigenvalue weighted by atomic mass is 79.9. The Morgan fingerprint density at radius 3 is 2.22 bits per heavy atom. The Hall–Kier alpha value is -2.65. The maximum atomic E-state index is 13.0. The van der Waals surface area contributed by atoms with E-state index in [2.05, 4.69) is 58.4 Å². The van der Waals surface area contributed by atoms with Crippen LogP contribution in [0.4, 0.5) is 0 Å². The van der Waals surface area contributed by atoms with Crippen molar-refractivity contribution in [3.63, 3.8) is 0 Å². The van der Waals surface area contributed by atoms with Gasteiger partial charge in [0.25, 0.3) is 0 Å². The molecule has 0 radical (unpaired) electrons. The first-order chi connectivity index (χ1) is 13.2. The fourth-order valence-corrected chi connectivity index (χ4v) is 4.75. The fourth-order valence-electron chi connectivity index (χ4n) is 4.39. The third-order valence-corrected chi connectivity index (χ3v) is 6.03. The quantitative estimate of drug-likeness (QED) is 0.373. The zero-order valence-electron chi connectivity index (χ0n) is 14.6. The van der Waals surface area contributed by atoms with Crippen molar-refractivity contribution in [3.8, 4) is 0 Å². The summed E-state index contributed by atoms with van der Waals surface area (Å²) in [6.45, 7) is 0. The molecule has 0 spiro atoms. The molecule has 3 aromatic carbocycles. The third-order valence-electron chi connectivity index (χ3n) is 5.54. The molecule has 3 heteroatoms. The van der Waals surface area contributed by atoms with E-state index in [9.17, 15) is 4.79 Å². The number of hydrogen-bond donors (Lipinski definition) is 0. The number of rotatable bonds is 2. The molecule has 1 aliphatic carbocycles. The van der Waals surface area contributed by atoms with E-state index in [-0.39, 0.29) is 17.5 Å². The van der Waals surface area contributed by atoms with E-state index in [0.717, 1.165) is 33.0 Å². The normalized spacial score (nSPS) is 18.6. The SMILES string of the molecule is O=c1oc2ccc(Br)cc2c2c1[C@H](c1ccccc1)[C@@H](c1ccccc1)C2. The molecule has 2 atom stereocenters. The van der Waals surface area contributed by atoms with E-state index in [1.54, 1.807) is 0 Å². The first kappa shape index (κ1) is 16.5. The van der Waals surface area contributed by atoms with Crippen LogP contribution >= 0.6 is 15.9 Å². The summed E-state index contributed by atoms with van der Waals surface area (Å²) < 4.78 is 6.71. The molecular weight excluding hydrogens is 400 g/mol. The summed E-state index contributed by atoms with van der Waals surface area (Å²) in [6.07, 6.45) is 0.831. The van der Waals surface area contributed by atoms with Gasteiger partial charge in [-0.05, 0) is 47.2 Å². The van der Waals surface area contributed by atoms with Gasteiger partial charge >= 0.3 is 5.63 Å². The molecule has 0 unspecified atom stereocenters. The van der Waals surface area contributed by atoms with Crippen LogP contribution in [-0.4, -0.2) is 0 Å². The first-order valence-corrected chi connectivity index (χ1v) is 9.86. The summed E-state index contributed by atoms with van der Waals surface area (Å²) in [5.74, 6) is 0.222. The van der Waals surface area contributed by atoms with Crippen molar-refractivity contribution in [1.29, 1.82) is 0 Å². The molecule has 0 saturated carbocycles. The van der Waals surface area contributed by atoms with Crippen LogP contribution in [0.1, 0.15) is 34.1 Å². The molecular formula is C24H17BrO2. The van der Waals surface area contributed by atoms with Gasteiger partial charge in [0.2, 0.25) is 0 Å². The minimum atomic E-state index is -0.216. The molecule has 4 aromatic rings. The van der Waals surface area contributed by atoms with E-state index < -0.39 is 0 Å². The van der Waals surface area contributed by atoms with Gasteiger partial charge in [-0.1, -0.05) is 76.6 Å². The minimum Gasteiger partial charge on any atom is -0.422 e. The number of halogens is 1. The molecule has 0 amide bonds. The number of fused-ring (bicyclic) bond motifs is 3. The Bertz CT molecular complexity index is 1180. The van der Waals surface area contributed by atoms with E-state index in [1.807, 2.05) is 36.4 Å². The molecule has 0 bridgehead atoms. The minimum absolute atomic E-state index is 0.00299. The molecule has 0 N–H and O–H groups in total. The Labute approximate surface area is 165 Å². The standard InChI is InChI=1S/C24H17BrO2/c25-17-11-12-21-19(13-17)20-14-18(15-7-3-1-4-8-15)22(23(20)24(26)27-21)16-9-5-2-6-10-16/h1-13,18,22H,14H2/t18-,22-/m1/s1. The van der Waals surface area contributed by atoms with Crippen LogP contribution in [0, 0.1) is 0 Å². The predicted molar refractivity (Wildman–Crippen MR) is 111 cm³/mol. The van der Waals surface area contributed by atoms with Crippen LogP contribution in [0.15, 0.2) is 92.5 Å². The van der Waals surface area contributed by atoms with Crippen molar-refractivity contribution in [2.24, 2.45) is 0 Å². The van der Waals surface area contributed by atoms with Crippen LogP contribution in [0.3, 0.4) is 0 Å². The van der Waals surface area contributed by atoms with E-state index in [0.29, 0.717) is 5.58 Å². The predicted octanol–water partition coefficient (Wildman–Crippen LogP) is 6.03. The number of benzene rings is 3. The molecule has 27 heavy (non-hydrogen) atoms. The van der Waals surface area contributed by atoms with Crippen LogP contribution < -0.4 is 5.63 Å². The van der Waals surface area contributed by atoms with Gasteiger partial charge in [0.05, 0.1) is 0 Å². The lowest BCUT2D eigenvalue weighted by Crippen LogP contribution is -2.15. The van der Waals surface area contributed by atoms with E-state index >= 15 is 0 Å². The average Bonchev–Trinajstić information content (AvgIpc) is 3.12. The van der Waals surface area contributed by atoms with Gasteiger partial charge in [0.1, 0.15) is 5.58 Å². The van der Waals surface area contributed by atoms with Crippen LogP contribution in [0.25, 0.3) is 11.0 Å². The van der Waals surface area contributed by atoms with Crippen LogP contribution in [0.2, 0.25) is 0 Å². The van der Waals surface area contributed by atoms with Crippen LogP contribution in [-0.2, 0) is 6.42 Å². The van der Waals surface area contributed by atoms with Gasteiger partial charge in [-0.15, -0.1) is 0 Å². The number of hydrogen-bond acceptors (Lipinski definition) is 2. The summed E-state index contributed by atoms with van der Waals surface area (Å²) in [5.41, 5.74) is 4.78. The highest BCUT2D eigenvalue weighted by molar-refractivity contribution is 9.10. The van der Waals surface area contributed by atoms with Gasteiger partial charge in [-0.25, -0.2) is 4.79 Å². The zero-order valence-corrected chi connectivity index (χ0v) is 16.1. The molecule has 1 aliphatic rings. The maximum absolute atomic E-state index is 13.0. The monoisotopic (exact) mass is 416 g/mol. The Kier molecular flexibility index (Phi) is 3.98. The second-order valence-electron chi connectivity index (χ2n) is 7.03. The Morgan fingerprint density at radius 1 is 0.852 bits per heavy atom.